The van der Waals surface area contributed by atoms with Crippen LogP contribution in [0.15, 0.2) is 29.2 Å². The summed E-state index contributed by atoms with van der Waals surface area (Å²) in [6, 6.07) is 7.17. The minimum Gasteiger partial charge on any atom is -0.337 e. The molecule has 0 atom stereocenters. The minimum absolute atomic E-state index is 0.0349. The Bertz CT molecular complexity index is 638. The second kappa shape index (κ2) is 4.86. The van der Waals surface area contributed by atoms with E-state index in [1.165, 1.54) is 4.31 Å². The first-order valence-electron chi connectivity index (χ1n) is 6.85. The molecule has 0 radical (unpaired) electrons. The first-order chi connectivity index (χ1) is 9.48. The van der Waals surface area contributed by atoms with Crippen molar-refractivity contribution in [3.63, 3.8) is 0 Å². The molecule has 0 spiro atoms. The molecule has 5 nitrogen and oxygen atoms in total. The molecule has 1 aromatic rings. The van der Waals surface area contributed by atoms with Crippen LogP contribution >= 0.6 is 0 Å². The molecule has 0 N–H and O–H groups in total. The number of carbonyl (C=O) groups is 1. The number of piperazine rings is 1. The molecule has 1 heterocycles. The van der Waals surface area contributed by atoms with E-state index in [0.29, 0.717) is 19.1 Å². The van der Waals surface area contributed by atoms with E-state index in [2.05, 4.69) is 0 Å². The fourth-order valence-electron chi connectivity index (χ4n) is 2.57. The standard InChI is InChI=1S/C14H18N2O3S/c1-11-3-2-4-13(9-11)20(18,19)15-7-8-16(12-5-6-12)14(17)10-15/h2-4,9,12H,5-8,10H2,1H3. The molecule has 1 amide bonds. The van der Waals surface area contributed by atoms with Crippen molar-refractivity contribution < 1.29 is 13.2 Å². The molecule has 1 aliphatic heterocycles. The average Bonchev–Trinajstić information content (AvgIpc) is 3.23. The Morgan fingerprint density at radius 1 is 1.20 bits per heavy atom. The Kier molecular flexibility index (Phi) is 3.30. The summed E-state index contributed by atoms with van der Waals surface area (Å²) in [7, 11) is -3.56. The molecular weight excluding hydrogens is 276 g/mol. The topological polar surface area (TPSA) is 57.7 Å². The van der Waals surface area contributed by atoms with Gasteiger partial charge in [0.05, 0.1) is 11.4 Å². The van der Waals surface area contributed by atoms with Crippen molar-refractivity contribution in [3.05, 3.63) is 29.8 Å². The number of benzene rings is 1. The highest BCUT2D eigenvalue weighted by Crippen LogP contribution is 2.29. The lowest BCUT2D eigenvalue weighted by molar-refractivity contribution is -0.134. The highest BCUT2D eigenvalue weighted by atomic mass is 32.2. The molecule has 2 aliphatic rings. The number of aryl methyl sites for hydroxylation is 1. The monoisotopic (exact) mass is 294 g/mol. The van der Waals surface area contributed by atoms with E-state index in [1.807, 2.05) is 17.9 Å². The van der Waals surface area contributed by atoms with Gasteiger partial charge in [0.15, 0.2) is 0 Å². The molecule has 1 aliphatic carbocycles. The molecule has 1 aromatic carbocycles. The maximum Gasteiger partial charge on any atom is 0.243 e. The van der Waals surface area contributed by atoms with Gasteiger partial charge in [0.1, 0.15) is 0 Å². The molecule has 108 valence electrons. The molecule has 1 saturated heterocycles. The summed E-state index contributed by atoms with van der Waals surface area (Å²) in [5, 5.41) is 0. The molecule has 20 heavy (non-hydrogen) atoms. The lowest BCUT2D eigenvalue weighted by Crippen LogP contribution is -2.52. The van der Waals surface area contributed by atoms with Crippen LogP contribution in [-0.2, 0) is 14.8 Å². The van der Waals surface area contributed by atoms with E-state index in [4.69, 9.17) is 0 Å². The fourth-order valence-corrected chi connectivity index (χ4v) is 4.05. The van der Waals surface area contributed by atoms with Gasteiger partial charge in [-0.2, -0.15) is 4.31 Å². The molecule has 1 saturated carbocycles. The zero-order valence-corrected chi connectivity index (χ0v) is 12.3. The fraction of sp³-hybridized carbons (Fsp3) is 0.500. The van der Waals surface area contributed by atoms with Gasteiger partial charge in [0.2, 0.25) is 15.9 Å². The van der Waals surface area contributed by atoms with E-state index in [0.717, 1.165) is 18.4 Å². The van der Waals surface area contributed by atoms with Gasteiger partial charge >= 0.3 is 0 Å². The third kappa shape index (κ3) is 2.45. The third-order valence-corrected chi connectivity index (χ3v) is 5.68. The van der Waals surface area contributed by atoms with Crippen molar-refractivity contribution in [3.8, 4) is 0 Å². The summed E-state index contributed by atoms with van der Waals surface area (Å²) < 4.78 is 26.4. The normalized spacial score (nSPS) is 21.2. The van der Waals surface area contributed by atoms with Crippen LogP contribution in [0.2, 0.25) is 0 Å². The Labute approximate surface area is 119 Å². The van der Waals surface area contributed by atoms with Gasteiger partial charge in [-0.1, -0.05) is 12.1 Å². The first kappa shape index (κ1) is 13.6. The summed E-state index contributed by atoms with van der Waals surface area (Å²) in [6.07, 6.45) is 2.10. The zero-order valence-electron chi connectivity index (χ0n) is 11.4. The summed E-state index contributed by atoms with van der Waals surface area (Å²) in [5.74, 6) is -0.0741. The number of hydrogen-bond donors (Lipinski definition) is 0. The van der Waals surface area contributed by atoms with Gasteiger partial charge in [-0.3, -0.25) is 4.79 Å². The van der Waals surface area contributed by atoms with Crippen molar-refractivity contribution in [2.45, 2.75) is 30.7 Å². The number of sulfonamides is 1. The van der Waals surface area contributed by atoms with Crippen LogP contribution in [0.3, 0.4) is 0 Å². The van der Waals surface area contributed by atoms with Gasteiger partial charge < -0.3 is 4.90 Å². The number of hydrogen-bond acceptors (Lipinski definition) is 3. The Balaban J connectivity index is 1.80. The maximum absolute atomic E-state index is 12.5. The Morgan fingerprint density at radius 2 is 1.95 bits per heavy atom. The summed E-state index contributed by atoms with van der Waals surface area (Å²) >= 11 is 0. The summed E-state index contributed by atoms with van der Waals surface area (Å²) in [6.45, 7) is 2.72. The van der Waals surface area contributed by atoms with Crippen LogP contribution in [0, 0.1) is 6.92 Å². The smallest absolute Gasteiger partial charge is 0.243 e. The largest absolute Gasteiger partial charge is 0.337 e. The number of carbonyl (C=O) groups excluding carboxylic acids is 1. The van der Waals surface area contributed by atoms with E-state index >= 15 is 0 Å². The molecule has 6 heteroatoms. The molecule has 0 aromatic heterocycles. The highest BCUT2D eigenvalue weighted by molar-refractivity contribution is 7.89. The van der Waals surface area contributed by atoms with Crippen molar-refractivity contribution in [1.82, 2.24) is 9.21 Å². The second-order valence-electron chi connectivity index (χ2n) is 5.47. The van der Waals surface area contributed by atoms with Gasteiger partial charge in [0.25, 0.3) is 0 Å². The van der Waals surface area contributed by atoms with E-state index < -0.39 is 10.0 Å². The van der Waals surface area contributed by atoms with Crippen molar-refractivity contribution in [1.29, 1.82) is 0 Å². The van der Waals surface area contributed by atoms with E-state index in [-0.39, 0.29) is 17.3 Å². The minimum atomic E-state index is -3.56. The SMILES string of the molecule is Cc1cccc(S(=O)(=O)N2CCN(C3CC3)C(=O)C2)c1. The molecule has 2 fully saturated rings. The van der Waals surface area contributed by atoms with Gasteiger partial charge in [-0.05, 0) is 37.5 Å². The number of amides is 1. The van der Waals surface area contributed by atoms with Crippen LogP contribution in [0.25, 0.3) is 0 Å². The predicted molar refractivity (Wildman–Crippen MR) is 74.7 cm³/mol. The maximum atomic E-state index is 12.5. The van der Waals surface area contributed by atoms with Crippen LogP contribution in [0.1, 0.15) is 18.4 Å². The van der Waals surface area contributed by atoms with Crippen LogP contribution in [-0.4, -0.2) is 49.2 Å². The second-order valence-corrected chi connectivity index (χ2v) is 7.41. The number of nitrogens with zero attached hydrogens (tertiary/aromatic N) is 2. The Morgan fingerprint density at radius 3 is 2.55 bits per heavy atom. The van der Waals surface area contributed by atoms with Gasteiger partial charge in [-0.25, -0.2) is 8.42 Å². The lowest BCUT2D eigenvalue weighted by atomic mass is 10.2. The van der Waals surface area contributed by atoms with Crippen LogP contribution in [0.5, 0.6) is 0 Å². The first-order valence-corrected chi connectivity index (χ1v) is 8.29. The summed E-state index contributed by atoms with van der Waals surface area (Å²) in [5.41, 5.74) is 0.897. The van der Waals surface area contributed by atoms with Gasteiger partial charge in [0, 0.05) is 19.1 Å². The molecule has 0 bridgehead atoms. The third-order valence-electron chi connectivity index (χ3n) is 3.84. The van der Waals surface area contributed by atoms with E-state index in [9.17, 15) is 13.2 Å². The predicted octanol–water partition coefficient (Wildman–Crippen LogP) is 0.990. The summed E-state index contributed by atoms with van der Waals surface area (Å²) in [4.78, 5) is 14.1. The van der Waals surface area contributed by atoms with Crippen molar-refractivity contribution in [2.75, 3.05) is 19.6 Å². The molecular formula is C14H18N2O3S. The van der Waals surface area contributed by atoms with Crippen molar-refractivity contribution >= 4 is 15.9 Å². The highest BCUT2D eigenvalue weighted by Gasteiger charge is 2.39. The quantitative estimate of drug-likeness (QED) is 0.835. The zero-order chi connectivity index (χ0) is 14.3. The Hall–Kier alpha value is -1.40. The van der Waals surface area contributed by atoms with E-state index in [1.54, 1.807) is 18.2 Å². The van der Waals surface area contributed by atoms with Crippen LogP contribution in [0.4, 0.5) is 0 Å². The number of rotatable bonds is 3. The lowest BCUT2D eigenvalue weighted by Gasteiger charge is -2.33. The molecule has 3 rings (SSSR count). The van der Waals surface area contributed by atoms with Crippen molar-refractivity contribution in [2.24, 2.45) is 0 Å². The molecule has 0 unspecified atom stereocenters. The van der Waals surface area contributed by atoms with Gasteiger partial charge in [-0.15, -0.1) is 0 Å². The van der Waals surface area contributed by atoms with Crippen LogP contribution < -0.4 is 0 Å². The average molecular weight is 294 g/mol.